The third-order valence-electron chi connectivity index (χ3n) is 3.26. The van der Waals surface area contributed by atoms with Crippen molar-refractivity contribution in [2.24, 2.45) is 5.92 Å². The molecule has 0 bridgehead atoms. The van der Waals surface area contributed by atoms with E-state index in [4.69, 9.17) is 4.74 Å². The Kier molecular flexibility index (Phi) is 5.25. The fourth-order valence-corrected chi connectivity index (χ4v) is 2.40. The molecule has 1 atom stereocenters. The minimum atomic E-state index is -0.644. The van der Waals surface area contributed by atoms with Crippen LogP contribution in [0.2, 0.25) is 0 Å². The van der Waals surface area contributed by atoms with Crippen molar-refractivity contribution < 1.29 is 14.6 Å². The Labute approximate surface area is 125 Å². The molecule has 21 heavy (non-hydrogen) atoms. The Bertz CT molecular complexity index is 505. The van der Waals surface area contributed by atoms with Gasteiger partial charge in [0, 0.05) is 18.8 Å². The van der Waals surface area contributed by atoms with Crippen molar-refractivity contribution in [1.82, 2.24) is 14.9 Å². The molecule has 0 radical (unpaired) electrons. The Balaban J connectivity index is 2.19. The predicted octanol–water partition coefficient (Wildman–Crippen LogP) is 0.817. The monoisotopic (exact) mass is 293 g/mol. The van der Waals surface area contributed by atoms with E-state index < -0.39 is 6.10 Å². The molecule has 1 fully saturated rings. The van der Waals surface area contributed by atoms with Gasteiger partial charge in [-0.3, -0.25) is 4.79 Å². The number of carbonyl (C=O) groups is 1. The molecule has 0 spiro atoms. The van der Waals surface area contributed by atoms with Gasteiger partial charge in [-0.1, -0.05) is 13.8 Å². The third kappa shape index (κ3) is 4.47. The topological polar surface area (TPSA) is 75.6 Å². The van der Waals surface area contributed by atoms with E-state index >= 15 is 0 Å². The summed E-state index contributed by atoms with van der Waals surface area (Å²) in [5.41, 5.74) is 1.28. The number of carbonyl (C=O) groups excluding carboxylic acids is 1. The van der Waals surface area contributed by atoms with E-state index in [1.165, 1.54) is 0 Å². The van der Waals surface area contributed by atoms with Crippen molar-refractivity contribution in [2.75, 3.05) is 26.3 Å². The van der Waals surface area contributed by atoms with Gasteiger partial charge < -0.3 is 14.7 Å². The van der Waals surface area contributed by atoms with Crippen molar-refractivity contribution in [3.8, 4) is 0 Å². The van der Waals surface area contributed by atoms with Crippen LogP contribution in [0.4, 0.5) is 0 Å². The van der Waals surface area contributed by atoms with Crippen LogP contribution >= 0.6 is 0 Å². The van der Waals surface area contributed by atoms with Gasteiger partial charge in [-0.2, -0.15) is 0 Å². The highest BCUT2D eigenvalue weighted by molar-refractivity contribution is 5.92. The molecule has 1 N–H and O–H groups in total. The van der Waals surface area contributed by atoms with Gasteiger partial charge in [0.15, 0.2) is 0 Å². The molecule has 0 aliphatic carbocycles. The summed E-state index contributed by atoms with van der Waals surface area (Å²) in [4.78, 5) is 22.8. The molecule has 116 valence electrons. The standard InChI is InChI=1S/C15H23N3O3/c1-10(2)6-12-7-14(17-11(3)16-12)15(20)18-4-5-21-9-13(19)8-18/h7,10,13,19H,4-6,8-9H2,1-3H3/t13-/m0/s1. The lowest BCUT2D eigenvalue weighted by Crippen LogP contribution is -2.38. The van der Waals surface area contributed by atoms with Gasteiger partial charge >= 0.3 is 0 Å². The van der Waals surface area contributed by atoms with Crippen LogP contribution in [0.1, 0.15) is 35.9 Å². The quantitative estimate of drug-likeness (QED) is 0.893. The highest BCUT2D eigenvalue weighted by Gasteiger charge is 2.23. The lowest BCUT2D eigenvalue weighted by Gasteiger charge is -2.21. The van der Waals surface area contributed by atoms with E-state index in [1.807, 2.05) is 0 Å². The number of rotatable bonds is 3. The molecule has 1 saturated heterocycles. The number of amides is 1. The van der Waals surface area contributed by atoms with E-state index in [-0.39, 0.29) is 19.1 Å². The lowest BCUT2D eigenvalue weighted by atomic mass is 10.1. The van der Waals surface area contributed by atoms with E-state index in [0.29, 0.717) is 30.6 Å². The summed E-state index contributed by atoms with van der Waals surface area (Å²) < 4.78 is 5.25. The van der Waals surface area contributed by atoms with Crippen molar-refractivity contribution in [3.63, 3.8) is 0 Å². The second-order valence-electron chi connectivity index (χ2n) is 5.87. The number of β-amino-alcohol motifs (C(OH)–C–C–N with tert-alkyl or cyclic N) is 1. The van der Waals surface area contributed by atoms with Crippen LogP contribution in [0, 0.1) is 12.8 Å². The molecule has 1 aliphatic heterocycles. The van der Waals surface area contributed by atoms with Crippen molar-refractivity contribution in [3.05, 3.63) is 23.3 Å². The average Bonchev–Trinajstić information content (AvgIpc) is 2.61. The van der Waals surface area contributed by atoms with E-state index in [1.54, 1.807) is 17.9 Å². The fraction of sp³-hybridized carbons (Fsp3) is 0.667. The number of aromatic nitrogens is 2. The first-order valence-electron chi connectivity index (χ1n) is 7.35. The Morgan fingerprint density at radius 2 is 2.29 bits per heavy atom. The number of aliphatic hydroxyl groups is 1. The molecule has 1 aromatic heterocycles. The maximum Gasteiger partial charge on any atom is 0.272 e. The van der Waals surface area contributed by atoms with Gasteiger partial charge in [0.25, 0.3) is 5.91 Å². The maximum absolute atomic E-state index is 12.6. The van der Waals surface area contributed by atoms with Crippen LogP contribution in [-0.2, 0) is 11.2 Å². The Morgan fingerprint density at radius 3 is 3.00 bits per heavy atom. The zero-order valence-electron chi connectivity index (χ0n) is 12.9. The lowest BCUT2D eigenvalue weighted by molar-refractivity contribution is 0.0532. The summed E-state index contributed by atoms with van der Waals surface area (Å²) in [6.45, 7) is 7.47. The van der Waals surface area contributed by atoms with Gasteiger partial charge in [-0.25, -0.2) is 9.97 Å². The molecule has 1 aliphatic rings. The molecule has 0 unspecified atom stereocenters. The van der Waals surface area contributed by atoms with Crippen LogP contribution in [-0.4, -0.2) is 58.3 Å². The minimum Gasteiger partial charge on any atom is -0.389 e. The first-order chi connectivity index (χ1) is 9.95. The van der Waals surface area contributed by atoms with Gasteiger partial charge in [0.05, 0.1) is 19.3 Å². The van der Waals surface area contributed by atoms with Crippen LogP contribution < -0.4 is 0 Å². The summed E-state index contributed by atoms with van der Waals surface area (Å²) in [5, 5.41) is 9.73. The number of aryl methyl sites for hydroxylation is 1. The smallest absolute Gasteiger partial charge is 0.272 e. The highest BCUT2D eigenvalue weighted by atomic mass is 16.5. The van der Waals surface area contributed by atoms with Crippen molar-refractivity contribution in [2.45, 2.75) is 33.3 Å². The van der Waals surface area contributed by atoms with Crippen LogP contribution in [0.5, 0.6) is 0 Å². The molecule has 0 aromatic carbocycles. The molecule has 2 heterocycles. The van der Waals surface area contributed by atoms with Crippen molar-refractivity contribution >= 4 is 5.91 Å². The first-order valence-corrected chi connectivity index (χ1v) is 7.35. The average molecular weight is 293 g/mol. The first kappa shape index (κ1) is 15.9. The number of aliphatic hydroxyl groups excluding tert-OH is 1. The zero-order valence-corrected chi connectivity index (χ0v) is 12.9. The predicted molar refractivity (Wildman–Crippen MR) is 78.0 cm³/mol. The second-order valence-corrected chi connectivity index (χ2v) is 5.87. The number of hydrogen-bond acceptors (Lipinski definition) is 5. The van der Waals surface area contributed by atoms with Crippen LogP contribution in [0.3, 0.4) is 0 Å². The number of ether oxygens (including phenoxy) is 1. The van der Waals surface area contributed by atoms with Gasteiger partial charge in [-0.15, -0.1) is 0 Å². The van der Waals surface area contributed by atoms with Gasteiger partial charge in [0.2, 0.25) is 0 Å². The molecule has 1 amide bonds. The highest BCUT2D eigenvalue weighted by Crippen LogP contribution is 2.11. The summed E-state index contributed by atoms with van der Waals surface area (Å²) in [6, 6.07) is 1.76. The fourth-order valence-electron chi connectivity index (χ4n) is 2.40. The molecular weight excluding hydrogens is 270 g/mol. The maximum atomic E-state index is 12.6. The Hall–Kier alpha value is -1.53. The second kappa shape index (κ2) is 6.95. The normalized spacial score (nSPS) is 19.7. The summed E-state index contributed by atoms with van der Waals surface area (Å²) in [6.07, 6.45) is 0.171. The SMILES string of the molecule is Cc1nc(CC(C)C)cc(C(=O)N2CCOC[C@@H](O)C2)n1. The van der Waals surface area contributed by atoms with E-state index in [9.17, 15) is 9.90 Å². The van der Waals surface area contributed by atoms with E-state index in [2.05, 4.69) is 23.8 Å². The third-order valence-corrected chi connectivity index (χ3v) is 3.26. The molecule has 2 rings (SSSR count). The molecule has 0 saturated carbocycles. The largest absolute Gasteiger partial charge is 0.389 e. The number of hydrogen-bond donors (Lipinski definition) is 1. The van der Waals surface area contributed by atoms with Crippen molar-refractivity contribution in [1.29, 1.82) is 0 Å². The summed E-state index contributed by atoms with van der Waals surface area (Å²) >= 11 is 0. The zero-order chi connectivity index (χ0) is 15.4. The van der Waals surface area contributed by atoms with Crippen LogP contribution in [0.25, 0.3) is 0 Å². The molecule has 6 nitrogen and oxygen atoms in total. The Morgan fingerprint density at radius 1 is 1.52 bits per heavy atom. The summed E-state index contributed by atoms with van der Waals surface area (Å²) in [5.74, 6) is 0.897. The van der Waals surface area contributed by atoms with Crippen LogP contribution in [0.15, 0.2) is 6.07 Å². The van der Waals surface area contributed by atoms with Gasteiger partial charge in [-0.05, 0) is 25.3 Å². The van der Waals surface area contributed by atoms with Gasteiger partial charge in [0.1, 0.15) is 11.5 Å². The molecular formula is C15H23N3O3. The number of nitrogens with zero attached hydrogens (tertiary/aromatic N) is 3. The summed E-state index contributed by atoms with van der Waals surface area (Å²) in [7, 11) is 0. The minimum absolute atomic E-state index is 0.171. The van der Waals surface area contributed by atoms with E-state index in [0.717, 1.165) is 12.1 Å². The molecule has 1 aromatic rings. The molecule has 6 heteroatoms.